The van der Waals surface area contributed by atoms with E-state index in [1.54, 1.807) is 82.3 Å². The van der Waals surface area contributed by atoms with Gasteiger partial charge in [-0.15, -0.1) is 0 Å². The fourth-order valence-electron chi connectivity index (χ4n) is 5.85. The Bertz CT molecular complexity index is 1820. The summed E-state index contributed by atoms with van der Waals surface area (Å²) >= 11 is 0. The average molecular weight is 703 g/mol. The molecule has 51 heavy (non-hydrogen) atoms. The minimum Gasteiger partial charge on any atom is -0.496 e. The van der Waals surface area contributed by atoms with Crippen molar-refractivity contribution in [1.82, 2.24) is 10.6 Å². The SMILES string of the molecule is COC(=O)c1ccc2c(CN3C(=O)[C@@H](NC(=O)[C@H](C)NCC(=O)OC(C)(C)C)CN(C(=O)CCCC(C)=O)c4ccccc43)c(OC)ccc2c1. The summed E-state index contributed by atoms with van der Waals surface area (Å²) in [5, 5.41) is 7.08. The van der Waals surface area contributed by atoms with Gasteiger partial charge >= 0.3 is 11.9 Å². The molecule has 2 N–H and O–H groups in total. The first-order valence-electron chi connectivity index (χ1n) is 16.8. The Hall–Kier alpha value is -5.30. The standard InChI is InChI=1S/C38H46N4O9/c1-23(43)11-10-14-33(44)41-22-29(40-35(46)24(2)39-20-34(45)51-38(3,4)5)36(47)42(31-13-9-8-12-30(31)41)21-28-27-17-15-26(37(48)50-7)19-25(27)16-18-32(28)49-6/h8-9,12-13,15-19,24,29,39H,10-11,14,20-22H2,1-7H3,(H,40,46)/t24-,29-/m0/s1. The number of fused-ring (bicyclic) bond motifs is 2. The number of rotatable bonds is 13. The lowest BCUT2D eigenvalue weighted by atomic mass is 10.00. The number of anilines is 2. The zero-order valence-electron chi connectivity index (χ0n) is 30.2. The first-order chi connectivity index (χ1) is 24.1. The molecule has 0 unspecified atom stereocenters. The van der Waals surface area contributed by atoms with Crippen molar-refractivity contribution < 1.29 is 43.0 Å². The third-order valence-electron chi connectivity index (χ3n) is 8.34. The number of amides is 3. The number of nitrogens with one attached hydrogen (secondary N) is 2. The number of esters is 2. The Morgan fingerprint density at radius 3 is 2.31 bits per heavy atom. The summed E-state index contributed by atoms with van der Waals surface area (Å²) in [4.78, 5) is 81.1. The Morgan fingerprint density at radius 1 is 0.961 bits per heavy atom. The summed E-state index contributed by atoms with van der Waals surface area (Å²) in [6.45, 7) is 7.81. The molecule has 4 rings (SSSR count). The van der Waals surface area contributed by atoms with Gasteiger partial charge in [0.2, 0.25) is 11.8 Å². The Labute approximate surface area is 297 Å². The Morgan fingerprint density at radius 2 is 1.67 bits per heavy atom. The molecule has 3 aromatic carbocycles. The van der Waals surface area contributed by atoms with Crippen LogP contribution in [0.1, 0.15) is 69.8 Å². The van der Waals surface area contributed by atoms with Crippen molar-refractivity contribution in [3.8, 4) is 5.75 Å². The lowest BCUT2D eigenvalue weighted by Gasteiger charge is -2.27. The molecule has 1 heterocycles. The van der Waals surface area contributed by atoms with E-state index in [9.17, 15) is 28.8 Å². The molecule has 0 fully saturated rings. The molecule has 0 saturated heterocycles. The van der Waals surface area contributed by atoms with E-state index in [-0.39, 0.29) is 44.2 Å². The van der Waals surface area contributed by atoms with Crippen molar-refractivity contribution in [2.75, 3.05) is 37.1 Å². The lowest BCUT2D eigenvalue weighted by molar-refractivity contribution is -0.153. The van der Waals surface area contributed by atoms with Crippen LogP contribution in [-0.2, 0) is 40.0 Å². The van der Waals surface area contributed by atoms with Gasteiger partial charge in [0.25, 0.3) is 5.91 Å². The third kappa shape index (κ3) is 9.69. The van der Waals surface area contributed by atoms with Crippen molar-refractivity contribution in [1.29, 1.82) is 0 Å². The summed E-state index contributed by atoms with van der Waals surface area (Å²) in [7, 11) is 2.82. The highest BCUT2D eigenvalue weighted by atomic mass is 16.6. The zero-order chi connectivity index (χ0) is 37.5. The smallest absolute Gasteiger partial charge is 0.337 e. The molecule has 13 heteroatoms. The van der Waals surface area contributed by atoms with Crippen LogP contribution in [0.5, 0.6) is 5.75 Å². The number of methoxy groups -OCH3 is 2. The third-order valence-corrected chi connectivity index (χ3v) is 8.34. The molecule has 13 nitrogen and oxygen atoms in total. The quantitative estimate of drug-likeness (QED) is 0.249. The molecule has 2 atom stereocenters. The van der Waals surface area contributed by atoms with Gasteiger partial charge < -0.3 is 34.1 Å². The molecule has 0 bridgehead atoms. The van der Waals surface area contributed by atoms with Crippen LogP contribution < -0.4 is 25.2 Å². The van der Waals surface area contributed by atoms with Gasteiger partial charge in [0.15, 0.2) is 0 Å². The maximum absolute atomic E-state index is 14.6. The number of para-hydroxylation sites is 2. The summed E-state index contributed by atoms with van der Waals surface area (Å²) in [6, 6.07) is 13.5. The number of carbonyl (C=O) groups is 6. The summed E-state index contributed by atoms with van der Waals surface area (Å²) in [6.07, 6.45) is 0.607. The first-order valence-corrected chi connectivity index (χ1v) is 16.8. The monoisotopic (exact) mass is 702 g/mol. The van der Waals surface area contributed by atoms with Crippen LogP contribution in [0, 0.1) is 0 Å². The second kappa shape index (κ2) is 16.6. The van der Waals surface area contributed by atoms with E-state index in [2.05, 4.69) is 10.6 Å². The van der Waals surface area contributed by atoms with Crippen LogP contribution in [0.3, 0.4) is 0 Å². The maximum Gasteiger partial charge on any atom is 0.337 e. The van der Waals surface area contributed by atoms with E-state index in [1.165, 1.54) is 30.9 Å². The second-order valence-electron chi connectivity index (χ2n) is 13.4. The minimum absolute atomic E-state index is 0.0148. The van der Waals surface area contributed by atoms with E-state index >= 15 is 0 Å². The van der Waals surface area contributed by atoms with E-state index < -0.39 is 41.4 Å². The number of carbonyl (C=O) groups excluding carboxylic acids is 6. The van der Waals surface area contributed by atoms with Gasteiger partial charge in [-0.05, 0) is 82.1 Å². The van der Waals surface area contributed by atoms with Crippen molar-refractivity contribution in [3.63, 3.8) is 0 Å². The van der Waals surface area contributed by atoms with Gasteiger partial charge in [-0.25, -0.2) is 4.79 Å². The number of benzene rings is 3. The number of hydrogen-bond donors (Lipinski definition) is 2. The summed E-state index contributed by atoms with van der Waals surface area (Å²) in [5.74, 6) is -1.95. The number of hydrogen-bond acceptors (Lipinski definition) is 10. The Balaban J connectivity index is 1.74. The summed E-state index contributed by atoms with van der Waals surface area (Å²) < 4.78 is 16.0. The fourth-order valence-corrected chi connectivity index (χ4v) is 5.85. The molecule has 1 aliphatic heterocycles. The first kappa shape index (κ1) is 38.5. The lowest BCUT2D eigenvalue weighted by Crippen LogP contribution is -2.56. The predicted molar refractivity (Wildman–Crippen MR) is 192 cm³/mol. The van der Waals surface area contributed by atoms with Gasteiger partial charge in [-0.1, -0.05) is 24.3 Å². The van der Waals surface area contributed by atoms with Gasteiger partial charge in [0.05, 0.1) is 56.8 Å². The molecular formula is C38H46N4O9. The van der Waals surface area contributed by atoms with Crippen molar-refractivity contribution in [3.05, 3.63) is 65.7 Å². The van der Waals surface area contributed by atoms with E-state index in [0.717, 1.165) is 0 Å². The van der Waals surface area contributed by atoms with Gasteiger partial charge in [0, 0.05) is 18.4 Å². The predicted octanol–water partition coefficient (Wildman–Crippen LogP) is 4.08. The number of ether oxygens (including phenoxy) is 3. The van der Waals surface area contributed by atoms with Crippen molar-refractivity contribution >= 4 is 57.6 Å². The molecule has 272 valence electrons. The van der Waals surface area contributed by atoms with Crippen molar-refractivity contribution in [2.45, 2.75) is 78.1 Å². The van der Waals surface area contributed by atoms with Crippen LogP contribution >= 0.6 is 0 Å². The highest BCUT2D eigenvalue weighted by molar-refractivity contribution is 6.08. The topological polar surface area (TPSA) is 161 Å². The molecule has 3 aromatic rings. The van der Waals surface area contributed by atoms with Crippen molar-refractivity contribution in [2.24, 2.45) is 0 Å². The van der Waals surface area contributed by atoms with Gasteiger partial charge in [0.1, 0.15) is 23.2 Å². The van der Waals surface area contributed by atoms with E-state index in [4.69, 9.17) is 14.2 Å². The molecular weight excluding hydrogens is 656 g/mol. The molecule has 0 radical (unpaired) electrons. The molecule has 1 aliphatic rings. The highest BCUT2D eigenvalue weighted by Gasteiger charge is 2.38. The summed E-state index contributed by atoms with van der Waals surface area (Å²) in [5.41, 5.74) is 1.17. The van der Waals surface area contributed by atoms with Crippen LogP contribution in [0.15, 0.2) is 54.6 Å². The fraction of sp³-hybridized carbons (Fsp3) is 0.421. The van der Waals surface area contributed by atoms with E-state index in [0.29, 0.717) is 45.4 Å². The average Bonchev–Trinajstić information content (AvgIpc) is 3.19. The molecule has 3 amide bonds. The van der Waals surface area contributed by atoms with Crippen LogP contribution in [0.25, 0.3) is 10.8 Å². The highest BCUT2D eigenvalue weighted by Crippen LogP contribution is 2.37. The molecule has 0 saturated carbocycles. The largest absolute Gasteiger partial charge is 0.496 e. The van der Waals surface area contributed by atoms with Crippen LogP contribution in [0.2, 0.25) is 0 Å². The Kier molecular flexibility index (Phi) is 12.5. The molecule has 0 aromatic heterocycles. The van der Waals surface area contributed by atoms with Crippen LogP contribution in [0.4, 0.5) is 11.4 Å². The van der Waals surface area contributed by atoms with Crippen LogP contribution in [-0.4, -0.2) is 80.4 Å². The van der Waals surface area contributed by atoms with Gasteiger partial charge in [-0.3, -0.25) is 24.5 Å². The second-order valence-corrected chi connectivity index (χ2v) is 13.4. The van der Waals surface area contributed by atoms with Gasteiger partial charge in [-0.2, -0.15) is 0 Å². The number of Topliss-reactive ketones (excluding diaryl/α,β-unsaturated/α-hetero) is 1. The number of ketones is 1. The zero-order valence-corrected chi connectivity index (χ0v) is 30.2. The normalized spacial score (nSPS) is 15.0. The maximum atomic E-state index is 14.6. The molecule has 0 spiro atoms. The van der Waals surface area contributed by atoms with E-state index in [1.807, 2.05) is 0 Å². The minimum atomic E-state index is -1.20. The molecule has 0 aliphatic carbocycles. The number of nitrogens with zero attached hydrogens (tertiary/aromatic N) is 2.